The van der Waals surface area contributed by atoms with Crippen LogP contribution in [0.1, 0.15) is 72.1 Å². The van der Waals surface area contributed by atoms with Crippen molar-refractivity contribution in [2.75, 3.05) is 64.7 Å². The zero-order chi connectivity index (χ0) is 42.3. The second-order valence-corrected chi connectivity index (χ2v) is 17.6. The summed E-state index contributed by atoms with van der Waals surface area (Å²) in [5, 5.41) is 8.21. The van der Waals surface area contributed by atoms with Crippen LogP contribution in [0.5, 0.6) is 0 Å². The first-order valence-corrected chi connectivity index (χ1v) is 22.5. The normalized spacial score (nSPS) is 17.0. The fourth-order valence-electron chi connectivity index (χ4n) is 9.17. The molecule has 0 saturated carbocycles. The van der Waals surface area contributed by atoms with Crippen LogP contribution in [0.25, 0.3) is 21.8 Å². The Kier molecular flexibility index (Phi) is 13.7. The molecule has 61 heavy (non-hydrogen) atoms. The Labute approximate surface area is 362 Å². The molecule has 3 aromatic carbocycles. The zero-order valence-corrected chi connectivity index (χ0v) is 36.0. The number of aromatic nitrogens is 3. The highest BCUT2D eigenvalue weighted by molar-refractivity contribution is 6.36. The number of carbonyl (C=O) groups excluding carboxylic acids is 3. The van der Waals surface area contributed by atoms with Crippen molar-refractivity contribution in [3.63, 3.8) is 0 Å². The summed E-state index contributed by atoms with van der Waals surface area (Å²) >= 11 is 6.77. The second kappa shape index (κ2) is 19.7. The highest BCUT2D eigenvalue weighted by atomic mass is 35.5. The van der Waals surface area contributed by atoms with Gasteiger partial charge in [0.15, 0.2) is 0 Å². The van der Waals surface area contributed by atoms with Gasteiger partial charge in [0.25, 0.3) is 11.5 Å². The van der Waals surface area contributed by atoms with Crippen LogP contribution in [0.2, 0.25) is 5.02 Å². The van der Waals surface area contributed by atoms with Gasteiger partial charge in [-0.3, -0.25) is 28.7 Å². The van der Waals surface area contributed by atoms with Gasteiger partial charge in [0.1, 0.15) is 0 Å². The number of piperazine rings is 1. The van der Waals surface area contributed by atoms with Gasteiger partial charge >= 0.3 is 0 Å². The van der Waals surface area contributed by atoms with Gasteiger partial charge < -0.3 is 25.3 Å². The number of halogens is 1. The number of hydrogen-bond acceptors (Lipinski definition) is 8. The summed E-state index contributed by atoms with van der Waals surface area (Å²) in [5.41, 5.74) is 5.68. The molecule has 3 aliphatic rings. The lowest BCUT2D eigenvalue weighted by molar-refractivity contribution is -0.137. The Morgan fingerprint density at radius 2 is 1.66 bits per heavy atom. The zero-order valence-electron chi connectivity index (χ0n) is 35.2. The molecule has 320 valence electrons. The summed E-state index contributed by atoms with van der Waals surface area (Å²) < 4.78 is 1.68. The van der Waals surface area contributed by atoms with E-state index >= 15 is 0 Å². The third kappa shape index (κ3) is 10.5. The number of pyridine rings is 1. The molecule has 0 bridgehead atoms. The summed E-state index contributed by atoms with van der Waals surface area (Å²) in [4.78, 5) is 69.7. The largest absolute Gasteiger partial charge is 0.352 e. The maximum Gasteiger partial charge on any atom is 0.261 e. The Bertz CT molecular complexity index is 2420. The van der Waals surface area contributed by atoms with E-state index in [1.54, 1.807) is 29.1 Å². The Morgan fingerprint density at radius 3 is 2.46 bits per heavy atom. The monoisotopic (exact) mass is 844 g/mol. The number of likely N-dealkylation sites (tertiary alicyclic amines) is 1. The molecule has 4 heterocycles. The van der Waals surface area contributed by atoms with Gasteiger partial charge in [-0.05, 0) is 112 Å². The van der Waals surface area contributed by atoms with E-state index in [0.29, 0.717) is 74.0 Å². The van der Waals surface area contributed by atoms with Crippen molar-refractivity contribution in [3.8, 4) is 0 Å². The van der Waals surface area contributed by atoms with Crippen molar-refractivity contribution < 1.29 is 14.4 Å². The molecular weight excluding hydrogens is 788 g/mol. The average Bonchev–Trinajstić information content (AvgIpc) is 3.28. The molecule has 2 aliphatic heterocycles. The van der Waals surface area contributed by atoms with E-state index in [-0.39, 0.29) is 35.1 Å². The number of carbonyl (C=O) groups is 3. The first-order valence-electron chi connectivity index (χ1n) is 22.1. The first-order chi connectivity index (χ1) is 29.7. The van der Waals surface area contributed by atoms with Crippen molar-refractivity contribution in [1.29, 1.82) is 0 Å². The van der Waals surface area contributed by atoms with E-state index in [9.17, 15) is 19.2 Å². The topological polar surface area (TPSA) is 133 Å². The number of fused-ring (bicyclic) bond motifs is 3. The van der Waals surface area contributed by atoms with Crippen molar-refractivity contribution in [1.82, 2.24) is 34.6 Å². The van der Waals surface area contributed by atoms with Gasteiger partial charge in [0, 0.05) is 93.6 Å². The maximum absolute atomic E-state index is 14.1. The van der Waals surface area contributed by atoms with Crippen LogP contribution in [0.4, 0.5) is 5.69 Å². The fourth-order valence-corrected chi connectivity index (χ4v) is 9.53. The molecule has 2 aromatic heterocycles. The predicted octanol–water partition coefficient (Wildman–Crippen LogP) is 6.36. The van der Waals surface area contributed by atoms with Gasteiger partial charge in [-0.25, -0.2) is 4.98 Å². The smallest absolute Gasteiger partial charge is 0.261 e. The molecule has 0 spiro atoms. The molecule has 5 aromatic rings. The summed E-state index contributed by atoms with van der Waals surface area (Å²) in [6.45, 7) is 6.93. The summed E-state index contributed by atoms with van der Waals surface area (Å²) in [6.07, 6.45) is 9.63. The molecule has 2 fully saturated rings. The Hall–Kier alpha value is -5.17. The molecule has 0 radical (unpaired) electrons. The maximum atomic E-state index is 14.1. The highest BCUT2D eigenvalue weighted by Crippen LogP contribution is 2.33. The van der Waals surface area contributed by atoms with Crippen molar-refractivity contribution in [2.45, 2.75) is 70.8 Å². The fraction of sp³-hybridized carbons (Fsp3) is 0.458. The second-order valence-electron chi connectivity index (χ2n) is 17.2. The summed E-state index contributed by atoms with van der Waals surface area (Å²) in [6, 6.07) is 21.0. The number of hydrogen-bond donors (Lipinski definition) is 2. The van der Waals surface area contributed by atoms with Crippen LogP contribution in [0.15, 0.2) is 77.9 Å². The van der Waals surface area contributed by atoms with Crippen LogP contribution in [-0.2, 0) is 35.4 Å². The number of benzene rings is 3. The lowest BCUT2D eigenvalue weighted by Gasteiger charge is -2.34. The SMILES string of the molecule is CN1CCN(CCC(=O)Nc2ccc3c(=O)n(CC4CCN(C(=O)[C@@H](CCCNC(=O)c5ccc6c(Cl)c7c(nc6c5)CCCC7)Cc5ccccc5)CC4)cnc3c2)CC1. The first kappa shape index (κ1) is 42.5. The van der Waals surface area contributed by atoms with E-state index in [0.717, 1.165) is 104 Å². The van der Waals surface area contributed by atoms with Gasteiger partial charge in [-0.15, -0.1) is 0 Å². The van der Waals surface area contributed by atoms with Crippen LogP contribution < -0.4 is 16.2 Å². The third-order valence-electron chi connectivity index (χ3n) is 12.9. The molecule has 8 rings (SSSR count). The third-order valence-corrected chi connectivity index (χ3v) is 13.3. The van der Waals surface area contributed by atoms with Crippen molar-refractivity contribution in [2.24, 2.45) is 11.8 Å². The highest BCUT2D eigenvalue weighted by Gasteiger charge is 2.29. The standard InChI is InChI=1S/C48H57ClN8O4/c1-54-24-26-55(27-25-54)21-19-44(58)52-37-14-16-40-42(30-37)51-32-57(48(40)61)31-34-17-22-56(23-18-34)47(60)36(28-33-8-3-2-4-9-33)10-7-20-50-46(59)35-13-15-39-43(29-35)53-41-12-6-5-11-38(41)45(39)49/h2-4,8-9,13-16,29-30,32,34,36H,5-7,10-12,17-28,31H2,1H3,(H,50,59)(H,52,58)/t36-/m0/s1. The van der Waals surface area contributed by atoms with Gasteiger partial charge in [-0.1, -0.05) is 48.0 Å². The lowest BCUT2D eigenvalue weighted by Crippen LogP contribution is -2.45. The van der Waals surface area contributed by atoms with Gasteiger partial charge in [-0.2, -0.15) is 0 Å². The Morgan fingerprint density at radius 1 is 0.885 bits per heavy atom. The minimum atomic E-state index is -0.215. The van der Waals surface area contributed by atoms with Gasteiger partial charge in [0.2, 0.25) is 11.8 Å². The predicted molar refractivity (Wildman–Crippen MR) is 241 cm³/mol. The van der Waals surface area contributed by atoms with Crippen LogP contribution in [0.3, 0.4) is 0 Å². The molecule has 3 amide bonds. The quantitative estimate of drug-likeness (QED) is 0.124. The van der Waals surface area contributed by atoms with Crippen molar-refractivity contribution >= 4 is 56.8 Å². The number of nitrogens with zero attached hydrogens (tertiary/aromatic N) is 6. The average molecular weight is 845 g/mol. The molecule has 13 heteroatoms. The molecule has 2 saturated heterocycles. The number of anilines is 1. The molecule has 0 unspecified atom stereocenters. The molecule has 1 atom stereocenters. The van der Waals surface area contributed by atoms with E-state index < -0.39 is 0 Å². The number of amides is 3. The summed E-state index contributed by atoms with van der Waals surface area (Å²) in [5.74, 6) is -0.0539. The van der Waals surface area contributed by atoms with E-state index in [2.05, 4.69) is 44.6 Å². The van der Waals surface area contributed by atoms with E-state index in [1.807, 2.05) is 41.3 Å². The lowest BCUT2D eigenvalue weighted by atomic mass is 9.91. The number of nitrogens with one attached hydrogen (secondary N) is 2. The van der Waals surface area contributed by atoms with Gasteiger partial charge in [0.05, 0.1) is 27.8 Å². The van der Waals surface area contributed by atoms with Crippen molar-refractivity contribution in [3.05, 3.63) is 111 Å². The van der Waals surface area contributed by atoms with E-state index in [1.165, 1.54) is 0 Å². The number of piperidine rings is 1. The molecule has 12 nitrogen and oxygen atoms in total. The minimum Gasteiger partial charge on any atom is -0.352 e. The minimum absolute atomic E-state index is 0.0500. The van der Waals surface area contributed by atoms with E-state index in [4.69, 9.17) is 16.6 Å². The van der Waals surface area contributed by atoms with Crippen LogP contribution in [0, 0.1) is 11.8 Å². The number of rotatable bonds is 14. The van der Waals surface area contributed by atoms with Crippen LogP contribution >= 0.6 is 11.6 Å². The molecule has 1 aliphatic carbocycles. The number of aryl methyl sites for hydroxylation is 1. The summed E-state index contributed by atoms with van der Waals surface area (Å²) in [7, 11) is 2.12. The number of likely N-dealkylation sites (N-methyl/N-ethyl adjacent to an activating group) is 1. The molecule has 2 N–H and O–H groups in total. The Balaban J connectivity index is 0.828. The molecular formula is C48H57ClN8O4. The van der Waals surface area contributed by atoms with Crippen LogP contribution in [-0.4, -0.2) is 106 Å².